The lowest BCUT2D eigenvalue weighted by Crippen LogP contribution is -2.28. The van der Waals surface area contributed by atoms with Crippen LogP contribution in [0.5, 0.6) is 0 Å². The molecule has 1 N–H and O–H groups in total. The highest BCUT2D eigenvalue weighted by Crippen LogP contribution is 2.16. The minimum atomic E-state index is -0.543. The third kappa shape index (κ3) is 3.51. The summed E-state index contributed by atoms with van der Waals surface area (Å²) in [6.45, 7) is 0.229. The Hall–Kier alpha value is -1.62. The van der Waals surface area contributed by atoms with Gasteiger partial charge in [-0.3, -0.25) is 0 Å². The molecule has 4 nitrogen and oxygen atoms in total. The molecule has 5 heteroatoms. The van der Waals surface area contributed by atoms with Gasteiger partial charge in [-0.2, -0.15) is 0 Å². The van der Waals surface area contributed by atoms with E-state index in [9.17, 15) is 9.18 Å². The second-order valence-electron chi connectivity index (χ2n) is 3.15. The first-order chi connectivity index (χ1) is 7.67. The van der Waals surface area contributed by atoms with E-state index in [1.54, 1.807) is 12.1 Å². The molecule has 0 radical (unpaired) electrons. The number of halogens is 1. The maximum Gasteiger partial charge on any atom is 0.406 e. The summed E-state index contributed by atoms with van der Waals surface area (Å²) in [5, 5.41) is 2.49. The lowest BCUT2D eigenvalue weighted by Gasteiger charge is -2.16. The van der Waals surface area contributed by atoms with Crippen molar-refractivity contribution in [2.45, 2.75) is 6.10 Å². The predicted molar refractivity (Wildman–Crippen MR) is 56.6 cm³/mol. The molecule has 1 aromatic carbocycles. The van der Waals surface area contributed by atoms with Crippen molar-refractivity contribution in [2.24, 2.45) is 0 Å². The summed E-state index contributed by atoms with van der Waals surface area (Å²) < 4.78 is 22.5. The molecule has 0 aliphatic heterocycles. The largest absolute Gasteiger partial charge is 0.453 e. The summed E-state index contributed by atoms with van der Waals surface area (Å²) in [4.78, 5) is 10.9. The first-order valence-electron chi connectivity index (χ1n) is 4.77. The molecule has 0 bridgehead atoms. The number of nitrogens with one attached hydrogen (secondary N) is 1. The highest BCUT2D eigenvalue weighted by Gasteiger charge is 2.12. The van der Waals surface area contributed by atoms with E-state index in [2.05, 4.69) is 10.1 Å². The number of alkyl carbamates (subject to hydrolysis) is 1. The molecule has 0 saturated heterocycles. The van der Waals surface area contributed by atoms with Crippen LogP contribution >= 0.6 is 0 Å². The fourth-order valence-electron chi connectivity index (χ4n) is 1.29. The normalized spacial score (nSPS) is 11.9. The average Bonchev–Trinajstić information content (AvgIpc) is 2.29. The third-order valence-electron chi connectivity index (χ3n) is 2.12. The van der Waals surface area contributed by atoms with Crippen LogP contribution < -0.4 is 5.32 Å². The Morgan fingerprint density at radius 1 is 1.50 bits per heavy atom. The van der Waals surface area contributed by atoms with E-state index in [0.29, 0.717) is 5.56 Å². The molecule has 1 rings (SSSR count). The summed E-state index contributed by atoms with van der Waals surface area (Å²) in [5.41, 5.74) is 0.666. The Labute approximate surface area is 93.4 Å². The van der Waals surface area contributed by atoms with Gasteiger partial charge in [-0.1, -0.05) is 12.1 Å². The summed E-state index contributed by atoms with van der Waals surface area (Å²) in [5.74, 6) is -0.336. The second-order valence-corrected chi connectivity index (χ2v) is 3.15. The van der Waals surface area contributed by atoms with Crippen LogP contribution in [0.25, 0.3) is 0 Å². The van der Waals surface area contributed by atoms with Gasteiger partial charge in [-0.05, 0) is 17.7 Å². The molecule has 0 heterocycles. The van der Waals surface area contributed by atoms with Crippen molar-refractivity contribution in [3.8, 4) is 0 Å². The molecule has 0 spiro atoms. The smallest absolute Gasteiger partial charge is 0.406 e. The SMILES string of the molecule is COC(=O)NC[C@H](OC)c1cccc(F)c1. The molecular weight excluding hydrogens is 213 g/mol. The maximum absolute atomic E-state index is 13.0. The van der Waals surface area contributed by atoms with Crippen LogP contribution in [0.15, 0.2) is 24.3 Å². The van der Waals surface area contributed by atoms with Crippen LogP contribution in [0.2, 0.25) is 0 Å². The van der Waals surface area contributed by atoms with E-state index in [-0.39, 0.29) is 12.4 Å². The van der Waals surface area contributed by atoms with E-state index < -0.39 is 12.2 Å². The predicted octanol–water partition coefficient (Wildman–Crippen LogP) is 1.87. The van der Waals surface area contributed by atoms with E-state index in [4.69, 9.17) is 4.74 Å². The zero-order valence-corrected chi connectivity index (χ0v) is 9.20. The first kappa shape index (κ1) is 12.4. The van der Waals surface area contributed by atoms with Crippen molar-refractivity contribution in [1.29, 1.82) is 0 Å². The number of amides is 1. The molecule has 0 aliphatic carbocycles. The van der Waals surface area contributed by atoms with Crippen molar-refractivity contribution < 1.29 is 18.7 Å². The van der Waals surface area contributed by atoms with E-state index in [1.165, 1.54) is 26.4 Å². The minimum absolute atomic E-state index is 0.229. The zero-order chi connectivity index (χ0) is 12.0. The van der Waals surface area contributed by atoms with Crippen molar-refractivity contribution in [3.63, 3.8) is 0 Å². The summed E-state index contributed by atoms with van der Waals surface area (Å²) in [6, 6.07) is 6.04. The monoisotopic (exact) mass is 227 g/mol. The van der Waals surface area contributed by atoms with Gasteiger partial charge < -0.3 is 14.8 Å². The van der Waals surface area contributed by atoms with E-state index in [1.807, 2.05) is 0 Å². The molecule has 0 aliphatic rings. The first-order valence-corrected chi connectivity index (χ1v) is 4.77. The second kappa shape index (κ2) is 6.07. The van der Waals surface area contributed by atoms with Gasteiger partial charge in [-0.25, -0.2) is 9.18 Å². The number of benzene rings is 1. The van der Waals surface area contributed by atoms with Gasteiger partial charge in [0.15, 0.2) is 0 Å². The summed E-state index contributed by atoms with van der Waals surface area (Å²) in [7, 11) is 2.77. The Morgan fingerprint density at radius 2 is 2.25 bits per heavy atom. The van der Waals surface area contributed by atoms with Crippen molar-refractivity contribution >= 4 is 6.09 Å². The molecule has 1 atom stereocenters. The molecule has 16 heavy (non-hydrogen) atoms. The molecule has 88 valence electrons. The number of hydrogen-bond acceptors (Lipinski definition) is 3. The molecule has 0 saturated carbocycles. The maximum atomic E-state index is 13.0. The highest BCUT2D eigenvalue weighted by molar-refractivity contribution is 5.66. The van der Waals surface area contributed by atoms with Crippen LogP contribution in [-0.4, -0.2) is 26.9 Å². The Morgan fingerprint density at radius 3 is 2.81 bits per heavy atom. The molecular formula is C11H14FNO3. The van der Waals surface area contributed by atoms with Crippen LogP contribution in [0.3, 0.4) is 0 Å². The Balaban J connectivity index is 2.64. The number of carbonyl (C=O) groups excluding carboxylic acids is 1. The molecule has 1 amide bonds. The highest BCUT2D eigenvalue weighted by atomic mass is 19.1. The average molecular weight is 227 g/mol. The van der Waals surface area contributed by atoms with Gasteiger partial charge in [-0.15, -0.1) is 0 Å². The fourth-order valence-corrected chi connectivity index (χ4v) is 1.29. The van der Waals surface area contributed by atoms with Crippen molar-refractivity contribution in [1.82, 2.24) is 5.32 Å². The lowest BCUT2D eigenvalue weighted by molar-refractivity contribution is 0.0979. The summed E-state index contributed by atoms with van der Waals surface area (Å²) in [6.07, 6.45) is -0.937. The molecule has 0 unspecified atom stereocenters. The standard InChI is InChI=1S/C11H14FNO3/c1-15-10(7-13-11(14)16-2)8-4-3-5-9(12)6-8/h3-6,10H,7H2,1-2H3,(H,13,14)/t10-/m0/s1. The molecule has 1 aromatic rings. The topological polar surface area (TPSA) is 47.6 Å². The van der Waals surface area contributed by atoms with Crippen LogP contribution in [0, 0.1) is 5.82 Å². The van der Waals surface area contributed by atoms with Crippen LogP contribution in [0.1, 0.15) is 11.7 Å². The van der Waals surface area contributed by atoms with Gasteiger partial charge in [0.2, 0.25) is 0 Å². The number of rotatable bonds is 4. The van der Waals surface area contributed by atoms with Crippen LogP contribution in [0.4, 0.5) is 9.18 Å². The van der Waals surface area contributed by atoms with Gasteiger partial charge in [0.1, 0.15) is 5.82 Å². The quantitative estimate of drug-likeness (QED) is 0.854. The summed E-state index contributed by atoms with van der Waals surface area (Å²) >= 11 is 0. The third-order valence-corrected chi connectivity index (χ3v) is 2.12. The zero-order valence-electron chi connectivity index (χ0n) is 9.20. The lowest BCUT2D eigenvalue weighted by atomic mass is 10.1. The Kier molecular flexibility index (Phi) is 4.72. The van der Waals surface area contributed by atoms with E-state index >= 15 is 0 Å². The fraction of sp³-hybridized carbons (Fsp3) is 0.364. The number of methoxy groups -OCH3 is 2. The number of carbonyl (C=O) groups is 1. The van der Waals surface area contributed by atoms with Gasteiger partial charge in [0.25, 0.3) is 0 Å². The van der Waals surface area contributed by atoms with E-state index in [0.717, 1.165) is 0 Å². The van der Waals surface area contributed by atoms with Crippen LogP contribution in [-0.2, 0) is 9.47 Å². The molecule has 0 aromatic heterocycles. The Bertz CT molecular complexity index is 357. The van der Waals surface area contributed by atoms with Crippen molar-refractivity contribution in [2.75, 3.05) is 20.8 Å². The minimum Gasteiger partial charge on any atom is -0.453 e. The van der Waals surface area contributed by atoms with Gasteiger partial charge in [0.05, 0.1) is 19.8 Å². The number of hydrogen-bond donors (Lipinski definition) is 1. The van der Waals surface area contributed by atoms with Gasteiger partial charge in [0, 0.05) is 7.11 Å². The van der Waals surface area contributed by atoms with Crippen molar-refractivity contribution in [3.05, 3.63) is 35.6 Å². The number of ether oxygens (including phenoxy) is 2. The van der Waals surface area contributed by atoms with Gasteiger partial charge >= 0.3 is 6.09 Å². The molecule has 0 fully saturated rings.